The highest BCUT2D eigenvalue weighted by atomic mass is 16.5. The Kier molecular flexibility index (Phi) is 3.62. The van der Waals surface area contributed by atoms with E-state index in [1.165, 1.54) is 0 Å². The number of aromatic nitrogens is 2. The summed E-state index contributed by atoms with van der Waals surface area (Å²) in [6.07, 6.45) is 4.77. The molecule has 2 fully saturated rings. The van der Waals surface area contributed by atoms with Gasteiger partial charge in [0.1, 0.15) is 23.1 Å². The number of hydrogen-bond donors (Lipinski definition) is 0. The van der Waals surface area contributed by atoms with E-state index in [4.69, 9.17) is 9.26 Å². The number of amides is 1. The van der Waals surface area contributed by atoms with Gasteiger partial charge >= 0.3 is 0 Å². The van der Waals surface area contributed by atoms with E-state index < -0.39 is 0 Å². The van der Waals surface area contributed by atoms with E-state index in [0.717, 1.165) is 41.7 Å². The second-order valence-corrected chi connectivity index (χ2v) is 7.00. The minimum atomic E-state index is -0.0807. The lowest BCUT2D eigenvalue weighted by Gasteiger charge is -2.16. The molecule has 6 nitrogen and oxygen atoms in total. The number of nitrogens with zero attached hydrogens (tertiary/aromatic N) is 3. The number of benzene rings is 1. The molecule has 0 bridgehead atoms. The van der Waals surface area contributed by atoms with Crippen molar-refractivity contribution in [1.29, 1.82) is 0 Å². The molecule has 1 saturated carbocycles. The molecule has 1 aliphatic heterocycles. The molecule has 6 heteroatoms. The van der Waals surface area contributed by atoms with E-state index in [0.29, 0.717) is 24.7 Å². The molecule has 1 aliphatic carbocycles. The number of likely N-dealkylation sites (tertiary alicyclic amines) is 1. The second kappa shape index (κ2) is 6.12. The predicted molar refractivity (Wildman–Crippen MR) is 95.2 cm³/mol. The summed E-state index contributed by atoms with van der Waals surface area (Å²) in [5.74, 6) is 1.97. The van der Waals surface area contributed by atoms with E-state index in [1.807, 2.05) is 30.3 Å². The molecule has 26 heavy (non-hydrogen) atoms. The molecule has 3 aromatic rings. The maximum atomic E-state index is 12.6. The summed E-state index contributed by atoms with van der Waals surface area (Å²) in [4.78, 5) is 18.9. The zero-order chi connectivity index (χ0) is 17.5. The average Bonchev–Trinajstić information content (AvgIpc) is 3.22. The molecular weight excluding hydrogens is 330 g/mol. The third-order valence-electron chi connectivity index (χ3n) is 5.05. The third-order valence-corrected chi connectivity index (χ3v) is 5.05. The number of pyridine rings is 1. The van der Waals surface area contributed by atoms with Gasteiger partial charge in [0.15, 0.2) is 5.69 Å². The summed E-state index contributed by atoms with van der Waals surface area (Å²) in [5.41, 5.74) is 1.25. The molecule has 0 unspecified atom stereocenters. The zero-order valence-corrected chi connectivity index (χ0v) is 14.3. The Morgan fingerprint density at radius 1 is 1.19 bits per heavy atom. The fraction of sp³-hybridized carbons (Fsp3) is 0.350. The number of rotatable bonds is 4. The molecule has 0 N–H and O–H groups in total. The van der Waals surface area contributed by atoms with Crippen molar-refractivity contribution in [3.05, 3.63) is 54.0 Å². The SMILES string of the molecule is O=C(c1cc(C2CC2)on1)N1CC[C@@H](Oc2cccc3cccnc23)C1. The van der Waals surface area contributed by atoms with Gasteiger partial charge in [0.05, 0.1) is 6.54 Å². The van der Waals surface area contributed by atoms with Crippen molar-refractivity contribution in [2.75, 3.05) is 13.1 Å². The molecule has 5 rings (SSSR count). The number of para-hydroxylation sites is 1. The van der Waals surface area contributed by atoms with E-state index in [1.54, 1.807) is 17.2 Å². The number of ether oxygens (including phenoxy) is 1. The standard InChI is InChI=1S/C20H19N3O3/c24-20(16-11-18(26-22-16)13-6-7-13)23-10-8-15(12-23)25-17-5-1-3-14-4-2-9-21-19(14)17/h1-5,9,11,13,15H,6-8,10,12H2/t15-/m1/s1. The van der Waals surface area contributed by atoms with Crippen LogP contribution in [0.25, 0.3) is 10.9 Å². The highest BCUT2D eigenvalue weighted by molar-refractivity contribution is 5.92. The normalized spacial score (nSPS) is 19.8. The first-order valence-corrected chi connectivity index (χ1v) is 9.04. The topological polar surface area (TPSA) is 68.5 Å². The molecular formula is C20H19N3O3. The maximum absolute atomic E-state index is 12.6. The lowest BCUT2D eigenvalue weighted by molar-refractivity contribution is 0.0762. The average molecular weight is 349 g/mol. The molecule has 2 aromatic heterocycles. The highest BCUT2D eigenvalue weighted by Gasteiger charge is 2.33. The van der Waals surface area contributed by atoms with E-state index in [2.05, 4.69) is 10.1 Å². The number of hydrogen-bond acceptors (Lipinski definition) is 5. The molecule has 1 saturated heterocycles. The summed E-state index contributed by atoms with van der Waals surface area (Å²) in [5, 5.41) is 5.00. The monoisotopic (exact) mass is 349 g/mol. The highest BCUT2D eigenvalue weighted by Crippen LogP contribution is 2.40. The molecule has 1 amide bonds. The predicted octanol–water partition coefficient (Wildman–Crippen LogP) is 3.39. The molecule has 1 aromatic carbocycles. The number of fused-ring (bicyclic) bond motifs is 1. The summed E-state index contributed by atoms with van der Waals surface area (Å²) < 4.78 is 11.5. The fourth-order valence-electron chi connectivity index (χ4n) is 3.47. The van der Waals surface area contributed by atoms with Gasteiger partial charge in [0, 0.05) is 36.5 Å². The maximum Gasteiger partial charge on any atom is 0.276 e. The molecule has 0 spiro atoms. The Morgan fingerprint density at radius 2 is 2.08 bits per heavy atom. The summed E-state index contributed by atoms with van der Waals surface area (Å²) in [6, 6.07) is 11.6. The molecule has 132 valence electrons. The van der Waals surface area contributed by atoms with Crippen LogP contribution < -0.4 is 4.74 Å². The molecule has 1 atom stereocenters. The minimum absolute atomic E-state index is 0.0404. The van der Waals surface area contributed by atoms with Crippen LogP contribution in [0.4, 0.5) is 0 Å². The molecule has 3 heterocycles. The van der Waals surface area contributed by atoms with Crippen molar-refractivity contribution in [3.8, 4) is 5.75 Å². The van der Waals surface area contributed by atoms with Gasteiger partial charge in [0.25, 0.3) is 5.91 Å². The van der Waals surface area contributed by atoms with Gasteiger partial charge in [-0.3, -0.25) is 9.78 Å². The van der Waals surface area contributed by atoms with Crippen molar-refractivity contribution < 1.29 is 14.1 Å². The van der Waals surface area contributed by atoms with Crippen LogP contribution in [0.3, 0.4) is 0 Å². The largest absolute Gasteiger partial charge is 0.486 e. The molecule has 2 aliphatic rings. The Hall–Kier alpha value is -2.89. The quantitative estimate of drug-likeness (QED) is 0.722. The van der Waals surface area contributed by atoms with Crippen LogP contribution >= 0.6 is 0 Å². The fourth-order valence-corrected chi connectivity index (χ4v) is 3.47. The van der Waals surface area contributed by atoms with Crippen molar-refractivity contribution >= 4 is 16.8 Å². The van der Waals surface area contributed by atoms with Gasteiger partial charge in [-0.15, -0.1) is 0 Å². The van der Waals surface area contributed by atoms with Crippen LogP contribution in [-0.4, -0.2) is 40.1 Å². The van der Waals surface area contributed by atoms with Crippen LogP contribution in [0.1, 0.15) is 41.4 Å². The van der Waals surface area contributed by atoms with Crippen LogP contribution in [0.15, 0.2) is 47.1 Å². The second-order valence-electron chi connectivity index (χ2n) is 7.00. The summed E-state index contributed by atoms with van der Waals surface area (Å²) in [7, 11) is 0. The van der Waals surface area contributed by atoms with Gasteiger partial charge in [-0.25, -0.2) is 0 Å². The molecule has 0 radical (unpaired) electrons. The van der Waals surface area contributed by atoms with E-state index in [-0.39, 0.29) is 12.0 Å². The first-order valence-electron chi connectivity index (χ1n) is 9.04. The van der Waals surface area contributed by atoms with Crippen molar-refractivity contribution in [1.82, 2.24) is 15.0 Å². The zero-order valence-electron chi connectivity index (χ0n) is 14.3. The van der Waals surface area contributed by atoms with E-state index in [9.17, 15) is 4.79 Å². The van der Waals surface area contributed by atoms with Crippen LogP contribution in [0, 0.1) is 0 Å². The van der Waals surface area contributed by atoms with Crippen LogP contribution in [0.2, 0.25) is 0 Å². The smallest absolute Gasteiger partial charge is 0.276 e. The summed E-state index contributed by atoms with van der Waals surface area (Å²) >= 11 is 0. The Bertz CT molecular complexity index is 958. The van der Waals surface area contributed by atoms with Gasteiger partial charge in [0.2, 0.25) is 0 Å². The number of carbonyl (C=O) groups excluding carboxylic acids is 1. The first-order chi connectivity index (χ1) is 12.8. The third kappa shape index (κ3) is 2.81. The first kappa shape index (κ1) is 15.4. The lowest BCUT2D eigenvalue weighted by atomic mass is 10.2. The van der Waals surface area contributed by atoms with Crippen LogP contribution in [-0.2, 0) is 0 Å². The Labute approximate surface area is 150 Å². The number of carbonyl (C=O) groups is 1. The lowest BCUT2D eigenvalue weighted by Crippen LogP contribution is -2.31. The van der Waals surface area contributed by atoms with Gasteiger partial charge < -0.3 is 14.2 Å². The Balaban J connectivity index is 1.28. The van der Waals surface area contributed by atoms with Gasteiger partial charge in [-0.05, 0) is 25.0 Å². The van der Waals surface area contributed by atoms with Crippen LogP contribution in [0.5, 0.6) is 5.75 Å². The van der Waals surface area contributed by atoms with Gasteiger partial charge in [-0.1, -0.05) is 23.4 Å². The van der Waals surface area contributed by atoms with Gasteiger partial charge in [-0.2, -0.15) is 0 Å². The van der Waals surface area contributed by atoms with Crippen molar-refractivity contribution in [2.24, 2.45) is 0 Å². The summed E-state index contributed by atoms with van der Waals surface area (Å²) in [6.45, 7) is 1.21. The van der Waals surface area contributed by atoms with Crippen molar-refractivity contribution in [3.63, 3.8) is 0 Å². The minimum Gasteiger partial charge on any atom is -0.486 e. The van der Waals surface area contributed by atoms with E-state index >= 15 is 0 Å². The van der Waals surface area contributed by atoms with Crippen molar-refractivity contribution in [2.45, 2.75) is 31.3 Å². The Morgan fingerprint density at radius 3 is 2.96 bits per heavy atom.